The lowest BCUT2D eigenvalue weighted by atomic mass is 10.2. The molecule has 2 fully saturated rings. The fourth-order valence-electron chi connectivity index (χ4n) is 2.29. The van der Waals surface area contributed by atoms with Gasteiger partial charge in [-0.05, 0) is 56.2 Å². The maximum Gasteiger partial charge on any atom is 0.128 e. The summed E-state index contributed by atoms with van der Waals surface area (Å²) in [5, 5.41) is 3.56. The van der Waals surface area contributed by atoms with Gasteiger partial charge in [-0.3, -0.25) is 0 Å². The molecular formula is C15H23N3. The predicted molar refractivity (Wildman–Crippen MR) is 74.7 cm³/mol. The number of nitrogens with one attached hydrogen (secondary N) is 1. The number of hydrogen-bond acceptors (Lipinski definition) is 3. The summed E-state index contributed by atoms with van der Waals surface area (Å²) >= 11 is 0. The predicted octanol–water partition coefficient (Wildman–Crippen LogP) is 2.57. The Morgan fingerprint density at radius 1 is 1.33 bits per heavy atom. The highest BCUT2D eigenvalue weighted by molar-refractivity contribution is 5.41. The van der Waals surface area contributed by atoms with E-state index >= 15 is 0 Å². The number of anilines is 1. The fraction of sp³-hybridized carbons (Fsp3) is 0.667. The van der Waals surface area contributed by atoms with Crippen LogP contribution in [0.5, 0.6) is 0 Å². The van der Waals surface area contributed by atoms with Crippen molar-refractivity contribution >= 4 is 5.82 Å². The minimum Gasteiger partial charge on any atom is -0.357 e. The molecule has 0 spiro atoms. The smallest absolute Gasteiger partial charge is 0.128 e. The number of nitrogens with zero attached hydrogens (tertiary/aromatic N) is 2. The first-order valence-electron chi connectivity index (χ1n) is 7.28. The van der Waals surface area contributed by atoms with Crippen LogP contribution in [0.25, 0.3) is 0 Å². The Morgan fingerprint density at radius 3 is 2.83 bits per heavy atom. The van der Waals surface area contributed by atoms with Crippen LogP contribution in [0.1, 0.15) is 38.2 Å². The van der Waals surface area contributed by atoms with Gasteiger partial charge in [0.2, 0.25) is 0 Å². The molecule has 0 aliphatic heterocycles. The minimum atomic E-state index is 0.773. The van der Waals surface area contributed by atoms with Crippen molar-refractivity contribution in [2.75, 3.05) is 18.0 Å². The molecule has 18 heavy (non-hydrogen) atoms. The molecule has 1 heterocycles. The van der Waals surface area contributed by atoms with Gasteiger partial charge in [-0.2, -0.15) is 0 Å². The summed E-state index contributed by atoms with van der Waals surface area (Å²) in [6.45, 7) is 5.45. The van der Waals surface area contributed by atoms with Gasteiger partial charge in [0.1, 0.15) is 5.82 Å². The third-order valence-electron chi connectivity index (χ3n) is 3.86. The first kappa shape index (κ1) is 12.0. The van der Waals surface area contributed by atoms with Crippen molar-refractivity contribution in [1.82, 2.24) is 10.3 Å². The lowest BCUT2D eigenvalue weighted by molar-refractivity contribution is 0.684. The Bertz CT molecular complexity index is 396. The monoisotopic (exact) mass is 245 g/mol. The summed E-state index contributed by atoms with van der Waals surface area (Å²) < 4.78 is 0. The van der Waals surface area contributed by atoms with Gasteiger partial charge in [0.05, 0.1) is 0 Å². The van der Waals surface area contributed by atoms with Crippen LogP contribution in [0.3, 0.4) is 0 Å². The van der Waals surface area contributed by atoms with Crippen molar-refractivity contribution in [2.45, 2.75) is 45.2 Å². The van der Waals surface area contributed by atoms with Crippen LogP contribution in [0.15, 0.2) is 18.3 Å². The molecule has 3 rings (SSSR count). The molecule has 1 aromatic rings. The van der Waals surface area contributed by atoms with Gasteiger partial charge in [0.25, 0.3) is 0 Å². The van der Waals surface area contributed by atoms with Gasteiger partial charge in [-0.1, -0.05) is 0 Å². The largest absolute Gasteiger partial charge is 0.357 e. The molecule has 1 aromatic heterocycles. The van der Waals surface area contributed by atoms with Gasteiger partial charge < -0.3 is 10.2 Å². The lowest BCUT2D eigenvalue weighted by Gasteiger charge is -2.22. The maximum atomic E-state index is 4.53. The zero-order valence-corrected chi connectivity index (χ0v) is 11.2. The molecule has 2 aliphatic rings. The van der Waals surface area contributed by atoms with E-state index in [-0.39, 0.29) is 0 Å². The van der Waals surface area contributed by atoms with Crippen LogP contribution in [0.4, 0.5) is 5.82 Å². The molecule has 0 amide bonds. The van der Waals surface area contributed by atoms with Crippen LogP contribution in [-0.4, -0.2) is 24.1 Å². The van der Waals surface area contributed by atoms with Gasteiger partial charge >= 0.3 is 0 Å². The second kappa shape index (κ2) is 5.27. The number of hydrogen-bond donors (Lipinski definition) is 1. The van der Waals surface area contributed by atoms with Crippen LogP contribution in [0.2, 0.25) is 0 Å². The van der Waals surface area contributed by atoms with Crippen LogP contribution in [-0.2, 0) is 6.54 Å². The van der Waals surface area contributed by atoms with Crippen LogP contribution in [0, 0.1) is 5.92 Å². The van der Waals surface area contributed by atoms with E-state index in [9.17, 15) is 0 Å². The minimum absolute atomic E-state index is 0.773. The summed E-state index contributed by atoms with van der Waals surface area (Å²) in [6.07, 6.45) is 7.45. The van der Waals surface area contributed by atoms with E-state index in [2.05, 4.69) is 34.3 Å². The summed E-state index contributed by atoms with van der Waals surface area (Å²) in [5.74, 6) is 2.07. The van der Waals surface area contributed by atoms with Crippen molar-refractivity contribution in [3.05, 3.63) is 23.9 Å². The molecule has 3 heteroatoms. The van der Waals surface area contributed by atoms with Crippen LogP contribution >= 0.6 is 0 Å². The highest BCUT2D eigenvalue weighted by Gasteiger charge is 2.24. The van der Waals surface area contributed by atoms with E-state index < -0.39 is 0 Å². The average molecular weight is 245 g/mol. The van der Waals surface area contributed by atoms with Crippen LogP contribution < -0.4 is 10.2 Å². The van der Waals surface area contributed by atoms with E-state index in [1.165, 1.54) is 37.8 Å². The second-order valence-corrected chi connectivity index (χ2v) is 5.66. The highest BCUT2D eigenvalue weighted by atomic mass is 15.2. The standard InChI is InChI=1S/C15H23N3/c1-2-18(11-12-3-4-12)15-9-13(7-8-16-15)10-17-14-5-6-14/h7-9,12,14,17H,2-6,10-11H2,1H3. The fourth-order valence-corrected chi connectivity index (χ4v) is 2.29. The first-order valence-corrected chi connectivity index (χ1v) is 7.28. The van der Waals surface area contributed by atoms with Crippen molar-refractivity contribution < 1.29 is 0 Å². The SMILES string of the molecule is CCN(CC1CC1)c1cc(CNC2CC2)ccn1. The van der Waals surface area contributed by atoms with E-state index in [1.54, 1.807) is 0 Å². The topological polar surface area (TPSA) is 28.2 Å². The quantitative estimate of drug-likeness (QED) is 0.800. The maximum absolute atomic E-state index is 4.53. The third-order valence-corrected chi connectivity index (χ3v) is 3.86. The average Bonchev–Trinajstić information content (AvgIpc) is 3.28. The van der Waals surface area contributed by atoms with Crippen molar-refractivity contribution in [1.29, 1.82) is 0 Å². The third kappa shape index (κ3) is 3.22. The second-order valence-electron chi connectivity index (χ2n) is 5.66. The molecule has 0 radical (unpaired) electrons. The van der Waals surface area contributed by atoms with Crippen molar-refractivity contribution in [2.24, 2.45) is 5.92 Å². The van der Waals surface area contributed by atoms with Crippen molar-refractivity contribution in [3.8, 4) is 0 Å². The normalized spacial score (nSPS) is 18.9. The summed E-state index contributed by atoms with van der Waals surface area (Å²) in [7, 11) is 0. The molecule has 1 N–H and O–H groups in total. The van der Waals surface area contributed by atoms with E-state index in [4.69, 9.17) is 0 Å². The molecule has 0 aromatic carbocycles. The first-order chi connectivity index (χ1) is 8.85. The Balaban J connectivity index is 1.63. The van der Waals surface area contributed by atoms with Gasteiger partial charge in [-0.25, -0.2) is 4.98 Å². The summed E-state index contributed by atoms with van der Waals surface area (Å²) in [5.41, 5.74) is 1.36. The molecule has 98 valence electrons. The number of rotatable bonds is 7. The molecular weight excluding hydrogens is 222 g/mol. The van der Waals surface area contributed by atoms with Gasteiger partial charge in [-0.15, -0.1) is 0 Å². The number of aromatic nitrogens is 1. The van der Waals surface area contributed by atoms with Gasteiger partial charge in [0, 0.05) is 31.9 Å². The molecule has 3 nitrogen and oxygen atoms in total. The van der Waals surface area contributed by atoms with E-state index in [0.29, 0.717) is 0 Å². The number of pyridine rings is 1. The Hall–Kier alpha value is -1.09. The van der Waals surface area contributed by atoms with E-state index in [1.807, 2.05) is 6.20 Å². The Morgan fingerprint density at radius 2 is 2.17 bits per heavy atom. The molecule has 0 atom stereocenters. The Kier molecular flexibility index (Phi) is 3.50. The van der Waals surface area contributed by atoms with Gasteiger partial charge in [0.15, 0.2) is 0 Å². The molecule has 0 saturated heterocycles. The summed E-state index contributed by atoms with van der Waals surface area (Å²) in [6, 6.07) is 5.15. The highest BCUT2D eigenvalue weighted by Crippen LogP contribution is 2.31. The summed E-state index contributed by atoms with van der Waals surface area (Å²) in [4.78, 5) is 6.95. The zero-order chi connectivity index (χ0) is 12.4. The molecule has 0 unspecified atom stereocenters. The zero-order valence-electron chi connectivity index (χ0n) is 11.2. The molecule has 2 saturated carbocycles. The lowest BCUT2D eigenvalue weighted by Crippen LogP contribution is -2.26. The molecule has 2 aliphatic carbocycles. The van der Waals surface area contributed by atoms with E-state index in [0.717, 1.165) is 30.9 Å². The molecule has 0 bridgehead atoms. The Labute approximate surface area is 110 Å². The van der Waals surface area contributed by atoms with Crippen molar-refractivity contribution in [3.63, 3.8) is 0 Å².